The zero-order valence-corrected chi connectivity index (χ0v) is 21.6. The predicted molar refractivity (Wildman–Crippen MR) is 137 cm³/mol. The number of ether oxygens (including phenoxy) is 1. The number of nitrogens with one attached hydrogen (secondary N) is 1. The second-order valence-electron chi connectivity index (χ2n) is 10.1. The van der Waals surface area contributed by atoms with Crippen LogP contribution in [0.1, 0.15) is 49.9 Å². The fourth-order valence-corrected chi connectivity index (χ4v) is 4.54. The molecule has 1 aromatic heterocycles. The number of carbonyl (C=O) groups is 3. The smallest absolute Gasteiger partial charge is 0.410 e. The molecule has 2 aromatic rings. The highest BCUT2D eigenvalue weighted by Gasteiger charge is 2.28. The summed E-state index contributed by atoms with van der Waals surface area (Å²) in [5.74, 6) is 0.345. The van der Waals surface area contributed by atoms with Gasteiger partial charge >= 0.3 is 6.09 Å². The van der Waals surface area contributed by atoms with Gasteiger partial charge in [0, 0.05) is 26.2 Å². The zero-order valence-electron chi connectivity index (χ0n) is 20.9. The van der Waals surface area contributed by atoms with Crippen molar-refractivity contribution in [1.29, 1.82) is 0 Å². The van der Waals surface area contributed by atoms with Crippen LogP contribution in [-0.4, -0.2) is 62.5 Å². The van der Waals surface area contributed by atoms with E-state index in [-0.39, 0.29) is 23.8 Å². The normalized spacial score (nSPS) is 18.2. The van der Waals surface area contributed by atoms with Gasteiger partial charge < -0.3 is 24.4 Å². The Bertz CT molecular complexity index is 1170. The molecule has 1 saturated heterocycles. The predicted octanol–water partition coefficient (Wildman–Crippen LogP) is 4.33. The summed E-state index contributed by atoms with van der Waals surface area (Å²) in [5.41, 5.74) is 0.424. The van der Waals surface area contributed by atoms with E-state index >= 15 is 0 Å². The number of benzene rings is 1. The molecule has 0 saturated carbocycles. The molecule has 0 spiro atoms. The van der Waals surface area contributed by atoms with Crippen molar-refractivity contribution in [1.82, 2.24) is 19.4 Å². The number of fused-ring (bicyclic) bond motifs is 1. The minimum atomic E-state index is -0.537. The van der Waals surface area contributed by atoms with Crippen molar-refractivity contribution in [2.24, 2.45) is 5.92 Å². The van der Waals surface area contributed by atoms with Crippen LogP contribution in [0.4, 0.5) is 10.5 Å². The van der Waals surface area contributed by atoms with Crippen LogP contribution in [0.15, 0.2) is 42.6 Å². The quantitative estimate of drug-likeness (QED) is 0.614. The van der Waals surface area contributed by atoms with Gasteiger partial charge in [-0.2, -0.15) is 0 Å². The number of nitrogens with zero attached hydrogens (tertiary/aromatic N) is 4. The molecule has 0 radical (unpaired) electrons. The number of rotatable bonds is 4. The first kappa shape index (κ1) is 25.8. The van der Waals surface area contributed by atoms with E-state index < -0.39 is 5.60 Å². The number of para-hydroxylation sites is 1. The Morgan fingerprint density at radius 3 is 2.67 bits per heavy atom. The molecule has 1 N–H and O–H groups in total. The summed E-state index contributed by atoms with van der Waals surface area (Å²) < 4.78 is 7.31. The maximum Gasteiger partial charge on any atom is 0.410 e. The summed E-state index contributed by atoms with van der Waals surface area (Å²) in [6.07, 6.45) is 6.47. The number of hydrogen-bond donors (Lipinski definition) is 1. The first-order valence-electron chi connectivity index (χ1n) is 12.2. The number of amides is 3. The van der Waals surface area contributed by atoms with E-state index in [2.05, 4.69) is 10.3 Å². The van der Waals surface area contributed by atoms with Crippen molar-refractivity contribution in [3.05, 3.63) is 59.2 Å². The van der Waals surface area contributed by atoms with Gasteiger partial charge in [0.25, 0.3) is 5.91 Å². The molecule has 1 unspecified atom stereocenters. The first-order chi connectivity index (χ1) is 17.1. The van der Waals surface area contributed by atoms with Gasteiger partial charge in [-0.1, -0.05) is 29.8 Å². The average Bonchev–Trinajstić information content (AvgIpc) is 3.26. The van der Waals surface area contributed by atoms with Gasteiger partial charge in [0.2, 0.25) is 5.91 Å². The lowest BCUT2D eigenvalue weighted by Crippen LogP contribution is -2.42. The molecule has 4 rings (SSSR count). The van der Waals surface area contributed by atoms with E-state index in [1.165, 1.54) is 6.20 Å². The molecule has 2 aliphatic rings. The Kier molecular flexibility index (Phi) is 7.68. The molecule has 9 nitrogen and oxygen atoms in total. The molecule has 3 heterocycles. The number of piperidine rings is 1. The average molecular weight is 514 g/mol. The summed E-state index contributed by atoms with van der Waals surface area (Å²) in [5, 5.41) is 3.28. The Morgan fingerprint density at radius 2 is 1.92 bits per heavy atom. The molecule has 1 aromatic carbocycles. The standard InChI is InChI=1S/C26H32ClN5O4/c1-26(2,3)36-25(35)31-12-6-7-18(16-31)10-11-23(33)30-13-14-32-21(15-28-22(32)17-30)24(34)29-20-9-5-4-8-19(20)27/h4-5,8-11,15,18H,6-7,12-14,16-17H2,1-3H3,(H,29,34)/b11-10+. The van der Waals surface area contributed by atoms with E-state index in [4.69, 9.17) is 16.3 Å². The second-order valence-corrected chi connectivity index (χ2v) is 10.5. The van der Waals surface area contributed by atoms with Crippen molar-refractivity contribution in [2.45, 2.75) is 52.3 Å². The van der Waals surface area contributed by atoms with Crippen LogP contribution >= 0.6 is 11.6 Å². The van der Waals surface area contributed by atoms with Gasteiger partial charge in [0.15, 0.2) is 0 Å². The monoisotopic (exact) mass is 513 g/mol. The number of halogens is 1. The maximum absolute atomic E-state index is 12.9. The molecule has 1 atom stereocenters. The summed E-state index contributed by atoms with van der Waals surface area (Å²) in [6.45, 7) is 8.00. The van der Waals surface area contributed by atoms with Crippen LogP contribution in [-0.2, 0) is 22.6 Å². The van der Waals surface area contributed by atoms with E-state index in [9.17, 15) is 14.4 Å². The molecule has 192 valence electrons. The highest BCUT2D eigenvalue weighted by molar-refractivity contribution is 6.33. The van der Waals surface area contributed by atoms with Gasteiger partial charge in [-0.05, 0) is 57.7 Å². The highest BCUT2D eigenvalue weighted by Crippen LogP contribution is 2.23. The topological polar surface area (TPSA) is 96.8 Å². The Morgan fingerprint density at radius 1 is 1.14 bits per heavy atom. The zero-order chi connectivity index (χ0) is 25.9. The highest BCUT2D eigenvalue weighted by atomic mass is 35.5. The van der Waals surface area contributed by atoms with E-state index in [0.29, 0.717) is 55.0 Å². The van der Waals surface area contributed by atoms with Gasteiger partial charge in [-0.3, -0.25) is 9.59 Å². The summed E-state index contributed by atoms with van der Waals surface area (Å²) >= 11 is 6.15. The molecule has 2 aliphatic heterocycles. The van der Waals surface area contributed by atoms with Gasteiger partial charge in [0.1, 0.15) is 17.1 Å². The molecule has 0 aliphatic carbocycles. The third-order valence-corrected chi connectivity index (χ3v) is 6.48. The Hall–Kier alpha value is -3.33. The number of anilines is 1. The third kappa shape index (κ3) is 6.26. The molecule has 1 fully saturated rings. The number of likely N-dealkylation sites (tertiary alicyclic amines) is 1. The number of hydrogen-bond acceptors (Lipinski definition) is 5. The molecule has 3 amide bonds. The van der Waals surface area contributed by atoms with Crippen LogP contribution in [0.2, 0.25) is 5.02 Å². The lowest BCUT2D eigenvalue weighted by Gasteiger charge is -2.33. The summed E-state index contributed by atoms with van der Waals surface area (Å²) in [7, 11) is 0. The lowest BCUT2D eigenvalue weighted by atomic mass is 9.98. The van der Waals surface area contributed by atoms with Crippen LogP contribution in [0, 0.1) is 5.92 Å². The van der Waals surface area contributed by atoms with Crippen LogP contribution in [0.25, 0.3) is 0 Å². The number of aromatic nitrogens is 2. The van der Waals surface area contributed by atoms with Gasteiger partial charge in [-0.15, -0.1) is 0 Å². The van der Waals surface area contributed by atoms with Crippen molar-refractivity contribution in [3.63, 3.8) is 0 Å². The SMILES string of the molecule is CC(C)(C)OC(=O)N1CCCC(/C=C/C(=O)N2CCn3c(C(=O)Nc4ccccc4Cl)cnc3C2)C1. The van der Waals surface area contributed by atoms with Crippen molar-refractivity contribution in [3.8, 4) is 0 Å². The molecule has 0 bridgehead atoms. The largest absolute Gasteiger partial charge is 0.444 e. The summed E-state index contributed by atoms with van der Waals surface area (Å²) in [6, 6.07) is 7.04. The van der Waals surface area contributed by atoms with E-state index in [1.54, 1.807) is 40.1 Å². The molecule has 36 heavy (non-hydrogen) atoms. The van der Waals surface area contributed by atoms with Gasteiger partial charge in [-0.25, -0.2) is 9.78 Å². The van der Waals surface area contributed by atoms with Crippen LogP contribution in [0.5, 0.6) is 0 Å². The van der Waals surface area contributed by atoms with E-state index in [1.807, 2.05) is 31.4 Å². The Labute approximate surface area is 216 Å². The summed E-state index contributed by atoms with van der Waals surface area (Å²) in [4.78, 5) is 45.8. The Balaban J connectivity index is 1.34. The van der Waals surface area contributed by atoms with Gasteiger partial charge in [0.05, 0.1) is 23.5 Å². The van der Waals surface area contributed by atoms with Crippen LogP contribution in [0.3, 0.4) is 0 Å². The van der Waals surface area contributed by atoms with Crippen molar-refractivity contribution in [2.75, 3.05) is 25.0 Å². The number of imidazole rings is 1. The fourth-order valence-electron chi connectivity index (χ4n) is 4.36. The third-order valence-electron chi connectivity index (χ3n) is 6.15. The van der Waals surface area contributed by atoms with E-state index in [0.717, 1.165) is 12.8 Å². The lowest BCUT2D eigenvalue weighted by molar-refractivity contribution is -0.127. The van der Waals surface area contributed by atoms with Crippen molar-refractivity contribution >= 4 is 35.2 Å². The van der Waals surface area contributed by atoms with Crippen LogP contribution < -0.4 is 5.32 Å². The second kappa shape index (κ2) is 10.7. The molecule has 10 heteroatoms. The molecular weight excluding hydrogens is 482 g/mol. The molecular formula is C26H32ClN5O4. The fraction of sp³-hybridized carbons (Fsp3) is 0.462. The minimum Gasteiger partial charge on any atom is -0.444 e. The maximum atomic E-state index is 12.9. The first-order valence-corrected chi connectivity index (χ1v) is 12.5. The minimum absolute atomic E-state index is 0.0992. The van der Waals surface area contributed by atoms with Crippen molar-refractivity contribution < 1.29 is 19.1 Å². The number of carbonyl (C=O) groups excluding carboxylic acids is 3.